The van der Waals surface area contributed by atoms with Crippen molar-refractivity contribution in [1.29, 1.82) is 0 Å². The third-order valence-electron chi connectivity index (χ3n) is 7.24. The standard InChI is InChI=1S/C36H38O9S/c1-4-11-27-29(18-16-25(23(3)37)34(27)39)43-19-10-8-6-5-7-9-12-33(35(40)30-17-13-22(2)44-30)46-24-14-15-26-28(38)21-32(36(41)42)45-31(26)20-24/h5,7,9,12-18,20-21,33,35,39-40H,4,6,8,10-11,19H2,1-3H3,(H,41,42)/t33-,35+/m0/s1. The number of furan rings is 1. The van der Waals surface area contributed by atoms with E-state index in [1.54, 1.807) is 49.4 Å². The van der Waals surface area contributed by atoms with E-state index in [1.807, 2.05) is 31.2 Å². The second-order valence-corrected chi connectivity index (χ2v) is 12.1. The number of carboxylic acid groups (broad SMARTS) is 1. The number of carbonyl (C=O) groups is 2. The van der Waals surface area contributed by atoms with Crippen LogP contribution in [0.1, 0.15) is 83.6 Å². The molecule has 2 heterocycles. The number of phenolic OH excluding ortho intramolecular Hbond substituents is 1. The molecule has 0 saturated carbocycles. The first-order chi connectivity index (χ1) is 22.1. The minimum Gasteiger partial charge on any atom is -0.507 e. The summed E-state index contributed by atoms with van der Waals surface area (Å²) in [4.78, 5) is 36.2. The number of aromatic carboxylic acids is 1. The smallest absolute Gasteiger partial charge is 0.371 e. The lowest BCUT2D eigenvalue weighted by Crippen LogP contribution is -2.12. The summed E-state index contributed by atoms with van der Waals surface area (Å²) < 4.78 is 17.0. The number of aryl methyl sites for hydroxylation is 1. The molecular weight excluding hydrogens is 608 g/mol. The molecule has 0 aliphatic carbocycles. The molecule has 3 N–H and O–H groups in total. The van der Waals surface area contributed by atoms with E-state index in [4.69, 9.17) is 13.6 Å². The number of aromatic hydroxyl groups is 1. The maximum atomic E-state index is 12.3. The summed E-state index contributed by atoms with van der Waals surface area (Å²) in [5.74, 6) is -0.263. The van der Waals surface area contributed by atoms with Crippen LogP contribution in [0.15, 0.2) is 91.4 Å². The lowest BCUT2D eigenvalue weighted by molar-refractivity contribution is 0.0662. The predicted octanol–water partition coefficient (Wildman–Crippen LogP) is 7.81. The van der Waals surface area contributed by atoms with Crippen molar-refractivity contribution in [2.75, 3.05) is 6.61 Å². The molecule has 46 heavy (non-hydrogen) atoms. The number of aliphatic hydroxyl groups is 1. The molecule has 0 fully saturated rings. The number of ketones is 1. The zero-order valence-electron chi connectivity index (χ0n) is 26.0. The van der Waals surface area contributed by atoms with Crippen LogP contribution in [-0.4, -0.2) is 38.9 Å². The van der Waals surface area contributed by atoms with Gasteiger partial charge in [0.25, 0.3) is 0 Å². The zero-order chi connectivity index (χ0) is 33.2. The fraction of sp³-hybridized carbons (Fsp3) is 0.306. The quantitative estimate of drug-likeness (QED) is 0.0476. The van der Waals surface area contributed by atoms with Crippen LogP contribution in [0.2, 0.25) is 0 Å². The number of hydrogen-bond donors (Lipinski definition) is 3. The van der Waals surface area contributed by atoms with E-state index in [2.05, 4.69) is 0 Å². The van der Waals surface area contributed by atoms with Crippen LogP contribution in [-0.2, 0) is 6.42 Å². The van der Waals surface area contributed by atoms with Gasteiger partial charge in [0, 0.05) is 16.5 Å². The highest BCUT2D eigenvalue weighted by Gasteiger charge is 2.23. The van der Waals surface area contributed by atoms with Gasteiger partial charge in [-0.15, -0.1) is 11.8 Å². The number of carboxylic acids is 1. The van der Waals surface area contributed by atoms with E-state index >= 15 is 0 Å². The van der Waals surface area contributed by atoms with Crippen molar-refractivity contribution in [2.24, 2.45) is 0 Å². The number of allylic oxidation sites excluding steroid dienone is 3. The Kier molecular flexibility index (Phi) is 12.1. The van der Waals surface area contributed by atoms with E-state index < -0.39 is 28.5 Å². The Morgan fingerprint density at radius 3 is 2.54 bits per heavy atom. The van der Waals surface area contributed by atoms with Crippen LogP contribution in [0.4, 0.5) is 0 Å². The molecule has 2 aromatic heterocycles. The zero-order valence-corrected chi connectivity index (χ0v) is 26.8. The van der Waals surface area contributed by atoms with Crippen molar-refractivity contribution < 1.29 is 38.5 Å². The predicted molar refractivity (Wildman–Crippen MR) is 177 cm³/mol. The van der Waals surface area contributed by atoms with Crippen LogP contribution >= 0.6 is 11.8 Å². The van der Waals surface area contributed by atoms with E-state index in [9.17, 15) is 29.7 Å². The normalized spacial score (nSPS) is 13.0. The Morgan fingerprint density at radius 2 is 1.85 bits per heavy atom. The summed E-state index contributed by atoms with van der Waals surface area (Å²) in [5.41, 5.74) is 0.675. The lowest BCUT2D eigenvalue weighted by atomic mass is 10.0. The minimum absolute atomic E-state index is 0.00451. The molecule has 0 unspecified atom stereocenters. The molecular formula is C36H38O9S. The molecule has 0 radical (unpaired) electrons. The second kappa shape index (κ2) is 16.1. The molecule has 242 valence electrons. The van der Waals surface area contributed by atoms with Crippen LogP contribution in [0.5, 0.6) is 11.5 Å². The Morgan fingerprint density at radius 1 is 1.04 bits per heavy atom. The number of ether oxygens (including phenoxy) is 1. The number of phenols is 1. The number of aliphatic hydroxyl groups excluding tert-OH is 1. The first-order valence-corrected chi connectivity index (χ1v) is 16.0. The van der Waals surface area contributed by atoms with Crippen molar-refractivity contribution in [1.82, 2.24) is 0 Å². The van der Waals surface area contributed by atoms with E-state index in [0.717, 1.165) is 31.7 Å². The molecule has 0 aliphatic heterocycles. The number of rotatable bonds is 16. The first kappa shape index (κ1) is 34.3. The molecule has 9 nitrogen and oxygen atoms in total. The van der Waals surface area contributed by atoms with E-state index in [0.29, 0.717) is 46.3 Å². The van der Waals surface area contributed by atoms with Gasteiger partial charge in [-0.05, 0) is 82.0 Å². The summed E-state index contributed by atoms with van der Waals surface area (Å²) in [6, 6.07) is 12.7. The highest BCUT2D eigenvalue weighted by molar-refractivity contribution is 8.00. The second-order valence-electron chi connectivity index (χ2n) is 10.8. The number of carbonyl (C=O) groups excluding carboxylic acids is 1. The van der Waals surface area contributed by atoms with Gasteiger partial charge in [-0.3, -0.25) is 9.59 Å². The number of hydrogen-bond acceptors (Lipinski definition) is 9. The summed E-state index contributed by atoms with van der Waals surface area (Å²) in [6.45, 7) is 5.71. The Labute approximate surface area is 271 Å². The van der Waals surface area contributed by atoms with Gasteiger partial charge in [0.1, 0.15) is 34.7 Å². The highest BCUT2D eigenvalue weighted by atomic mass is 32.2. The number of fused-ring (bicyclic) bond motifs is 1. The van der Waals surface area contributed by atoms with Crippen molar-refractivity contribution in [3.8, 4) is 11.5 Å². The van der Waals surface area contributed by atoms with Crippen molar-refractivity contribution in [3.05, 3.63) is 111 Å². The number of unbranched alkanes of at least 4 members (excludes halogenated alkanes) is 2. The van der Waals surface area contributed by atoms with Gasteiger partial charge in [0.15, 0.2) is 11.2 Å². The van der Waals surface area contributed by atoms with Crippen molar-refractivity contribution in [3.63, 3.8) is 0 Å². The van der Waals surface area contributed by atoms with Gasteiger partial charge >= 0.3 is 5.97 Å². The molecule has 4 aromatic rings. The van der Waals surface area contributed by atoms with Gasteiger partial charge in [-0.2, -0.15) is 0 Å². The third-order valence-corrected chi connectivity index (χ3v) is 8.45. The molecule has 0 aliphatic rings. The molecule has 10 heteroatoms. The van der Waals surface area contributed by atoms with E-state index in [-0.39, 0.29) is 22.5 Å². The Hall–Kier alpha value is -4.54. The van der Waals surface area contributed by atoms with Gasteiger partial charge in [0.05, 0.1) is 22.8 Å². The summed E-state index contributed by atoms with van der Waals surface area (Å²) >= 11 is 1.32. The Bertz CT molecular complexity index is 1800. The summed E-state index contributed by atoms with van der Waals surface area (Å²) in [7, 11) is 0. The fourth-order valence-corrected chi connectivity index (χ4v) is 5.95. The molecule has 0 spiro atoms. The average molecular weight is 647 g/mol. The Balaban J connectivity index is 1.37. The number of Topliss-reactive ketones (excluding diaryl/α,β-unsaturated/α-hetero) is 1. The maximum Gasteiger partial charge on any atom is 0.371 e. The van der Waals surface area contributed by atoms with Gasteiger partial charge in [-0.25, -0.2) is 4.79 Å². The monoisotopic (exact) mass is 646 g/mol. The summed E-state index contributed by atoms with van der Waals surface area (Å²) in [5, 5.41) is 30.7. The van der Waals surface area contributed by atoms with E-state index in [1.165, 1.54) is 18.7 Å². The molecule has 0 bridgehead atoms. The van der Waals surface area contributed by atoms with Crippen molar-refractivity contribution >= 4 is 34.5 Å². The largest absolute Gasteiger partial charge is 0.507 e. The van der Waals surface area contributed by atoms with Crippen molar-refractivity contribution in [2.45, 2.75) is 69.1 Å². The van der Waals surface area contributed by atoms with Gasteiger partial charge in [0.2, 0.25) is 5.76 Å². The molecule has 0 amide bonds. The molecule has 2 atom stereocenters. The fourth-order valence-electron chi connectivity index (χ4n) is 4.88. The lowest BCUT2D eigenvalue weighted by Gasteiger charge is -2.18. The van der Waals surface area contributed by atoms with Gasteiger partial charge in [-0.1, -0.05) is 37.6 Å². The molecule has 4 rings (SSSR count). The summed E-state index contributed by atoms with van der Waals surface area (Å²) in [6.07, 6.45) is 10.6. The molecule has 0 saturated heterocycles. The third kappa shape index (κ3) is 8.80. The average Bonchev–Trinajstić information content (AvgIpc) is 3.46. The number of benzene rings is 2. The molecule has 2 aromatic carbocycles. The maximum absolute atomic E-state index is 12.3. The SMILES string of the molecule is CCCc1c(OCCCCC=CC=C[C@H](Sc2ccc3c(=O)cc(C(=O)O)oc3c2)[C@H](O)c2ccc(C)o2)ccc(C(C)=O)c1O. The first-order valence-electron chi connectivity index (χ1n) is 15.1. The number of thioether (sulfide) groups is 1. The highest BCUT2D eigenvalue weighted by Crippen LogP contribution is 2.36. The van der Waals surface area contributed by atoms with Gasteiger partial charge < -0.3 is 28.9 Å². The van der Waals surface area contributed by atoms with Crippen LogP contribution in [0.3, 0.4) is 0 Å². The minimum atomic E-state index is -1.33. The van der Waals surface area contributed by atoms with Crippen LogP contribution in [0.25, 0.3) is 11.0 Å². The van der Waals surface area contributed by atoms with Crippen LogP contribution < -0.4 is 10.2 Å². The topological polar surface area (TPSA) is 147 Å². The van der Waals surface area contributed by atoms with Crippen LogP contribution in [0, 0.1) is 6.92 Å².